The van der Waals surface area contributed by atoms with E-state index >= 15 is 0 Å². The summed E-state index contributed by atoms with van der Waals surface area (Å²) < 4.78 is 18.4. The number of carbonyl (C=O) groups excluding carboxylic acids is 1. The van der Waals surface area contributed by atoms with Crippen LogP contribution in [0.1, 0.15) is 33.3 Å². The number of rotatable bonds is 4. The molecule has 0 bridgehead atoms. The van der Waals surface area contributed by atoms with Crippen LogP contribution in [0.25, 0.3) is 0 Å². The Balaban J connectivity index is 2.74. The lowest BCUT2D eigenvalue weighted by Gasteiger charge is -2.29. The number of nitrogens with two attached hydrogens (primary N) is 1. The molecule has 1 rings (SSSR count). The minimum atomic E-state index is -0.605. The summed E-state index contributed by atoms with van der Waals surface area (Å²) in [5, 5.41) is 2.66. The Morgan fingerprint density at radius 3 is 2.55 bits per heavy atom. The number of alkyl carbamates (subject to hydrolysis) is 1. The second-order valence-corrected chi connectivity index (χ2v) is 6.01. The number of ether oxygens (including phenoxy) is 1. The van der Waals surface area contributed by atoms with Gasteiger partial charge in [0.25, 0.3) is 0 Å². The number of aromatic nitrogens is 1. The zero-order valence-corrected chi connectivity index (χ0v) is 12.4. The van der Waals surface area contributed by atoms with Crippen LogP contribution >= 0.6 is 0 Å². The molecule has 0 spiro atoms. The first-order chi connectivity index (χ1) is 9.16. The van der Waals surface area contributed by atoms with Crippen molar-refractivity contribution < 1.29 is 13.9 Å². The average Bonchev–Trinajstić information content (AvgIpc) is 2.34. The van der Waals surface area contributed by atoms with Crippen LogP contribution in [-0.2, 0) is 10.2 Å². The van der Waals surface area contributed by atoms with Crippen molar-refractivity contribution in [3.05, 3.63) is 29.8 Å². The van der Waals surface area contributed by atoms with Crippen molar-refractivity contribution in [2.75, 3.05) is 13.1 Å². The van der Waals surface area contributed by atoms with E-state index in [2.05, 4.69) is 10.3 Å². The molecule has 0 fully saturated rings. The van der Waals surface area contributed by atoms with Gasteiger partial charge in [-0.15, -0.1) is 0 Å². The normalized spacial score (nSPS) is 14.5. The Morgan fingerprint density at radius 1 is 1.40 bits per heavy atom. The summed E-state index contributed by atoms with van der Waals surface area (Å²) in [5.74, 6) is -0.431. The van der Waals surface area contributed by atoms with E-state index in [-0.39, 0.29) is 13.1 Å². The summed E-state index contributed by atoms with van der Waals surface area (Å²) in [7, 11) is 0. The van der Waals surface area contributed by atoms with Crippen molar-refractivity contribution in [1.29, 1.82) is 0 Å². The van der Waals surface area contributed by atoms with Gasteiger partial charge in [-0.2, -0.15) is 0 Å². The predicted molar refractivity (Wildman–Crippen MR) is 74.8 cm³/mol. The molecule has 0 aliphatic heterocycles. The van der Waals surface area contributed by atoms with Gasteiger partial charge in [-0.1, -0.05) is 6.92 Å². The third-order valence-electron chi connectivity index (χ3n) is 2.87. The van der Waals surface area contributed by atoms with Crippen LogP contribution in [0.15, 0.2) is 18.5 Å². The minimum Gasteiger partial charge on any atom is -0.444 e. The molecule has 0 saturated carbocycles. The number of nitrogens with zero attached hydrogens (tertiary/aromatic N) is 1. The number of amides is 1. The van der Waals surface area contributed by atoms with Crippen LogP contribution < -0.4 is 11.1 Å². The lowest BCUT2D eigenvalue weighted by molar-refractivity contribution is 0.0516. The smallest absolute Gasteiger partial charge is 0.407 e. The standard InChI is InChI=1S/C14H22FN3O2/c1-13(2,3)20-12(19)18-9-14(4,8-16)10-5-11(15)7-17-6-10/h5-7H,8-9,16H2,1-4H3,(H,18,19). The first-order valence-corrected chi connectivity index (χ1v) is 6.44. The molecule has 0 saturated heterocycles. The number of nitrogens with one attached hydrogen (secondary N) is 1. The molecule has 1 atom stereocenters. The maximum absolute atomic E-state index is 13.2. The summed E-state index contributed by atoms with van der Waals surface area (Å²) >= 11 is 0. The summed E-state index contributed by atoms with van der Waals surface area (Å²) in [5.41, 5.74) is 5.22. The van der Waals surface area contributed by atoms with E-state index in [9.17, 15) is 9.18 Å². The molecule has 1 heterocycles. The van der Waals surface area contributed by atoms with Gasteiger partial charge in [-0.3, -0.25) is 4.98 Å². The minimum absolute atomic E-state index is 0.240. The Labute approximate surface area is 118 Å². The quantitative estimate of drug-likeness (QED) is 0.885. The van der Waals surface area contributed by atoms with E-state index in [1.165, 1.54) is 6.07 Å². The van der Waals surface area contributed by atoms with Gasteiger partial charge in [0.15, 0.2) is 0 Å². The van der Waals surface area contributed by atoms with Gasteiger partial charge >= 0.3 is 6.09 Å². The number of hydrogen-bond donors (Lipinski definition) is 2. The zero-order chi connectivity index (χ0) is 15.4. The maximum Gasteiger partial charge on any atom is 0.407 e. The van der Waals surface area contributed by atoms with Gasteiger partial charge in [-0.05, 0) is 32.4 Å². The highest BCUT2D eigenvalue weighted by Crippen LogP contribution is 2.21. The predicted octanol–water partition coefficient (Wildman–Crippen LogP) is 1.96. The third-order valence-corrected chi connectivity index (χ3v) is 2.87. The summed E-state index contributed by atoms with van der Waals surface area (Å²) in [6.45, 7) is 7.67. The van der Waals surface area contributed by atoms with Crippen molar-refractivity contribution >= 4 is 6.09 Å². The SMILES string of the molecule is CC(C)(C)OC(=O)NCC(C)(CN)c1cncc(F)c1. The van der Waals surface area contributed by atoms with E-state index in [1.54, 1.807) is 27.0 Å². The fraction of sp³-hybridized carbons (Fsp3) is 0.571. The largest absolute Gasteiger partial charge is 0.444 e. The van der Waals surface area contributed by atoms with Crippen LogP contribution in [0, 0.1) is 5.82 Å². The number of pyridine rings is 1. The summed E-state index contributed by atoms with van der Waals surface area (Å²) in [6, 6.07) is 1.37. The molecule has 0 aliphatic rings. The molecule has 5 nitrogen and oxygen atoms in total. The Hall–Kier alpha value is -1.69. The molecular weight excluding hydrogens is 261 g/mol. The van der Waals surface area contributed by atoms with Crippen LogP contribution in [0.5, 0.6) is 0 Å². The highest BCUT2D eigenvalue weighted by Gasteiger charge is 2.27. The van der Waals surface area contributed by atoms with Crippen molar-refractivity contribution in [2.45, 2.75) is 38.7 Å². The molecule has 1 aromatic rings. The molecule has 1 unspecified atom stereocenters. The number of hydrogen-bond acceptors (Lipinski definition) is 4. The molecule has 0 aromatic carbocycles. The second-order valence-electron chi connectivity index (χ2n) is 6.01. The van der Waals surface area contributed by atoms with Crippen molar-refractivity contribution in [3.63, 3.8) is 0 Å². The number of halogens is 1. The Kier molecular flexibility index (Phi) is 5.05. The van der Waals surface area contributed by atoms with Crippen molar-refractivity contribution in [3.8, 4) is 0 Å². The zero-order valence-electron chi connectivity index (χ0n) is 12.4. The lowest BCUT2D eigenvalue weighted by atomic mass is 9.83. The van der Waals surface area contributed by atoms with Crippen molar-refractivity contribution in [1.82, 2.24) is 10.3 Å². The van der Waals surface area contributed by atoms with Crippen LogP contribution in [0.4, 0.5) is 9.18 Å². The topological polar surface area (TPSA) is 77.2 Å². The molecule has 1 aromatic heterocycles. The van der Waals surface area contributed by atoms with Gasteiger partial charge in [0.1, 0.15) is 11.4 Å². The first-order valence-electron chi connectivity index (χ1n) is 6.44. The van der Waals surface area contributed by atoms with Crippen LogP contribution in [-0.4, -0.2) is 29.8 Å². The van der Waals surface area contributed by atoms with E-state index in [0.717, 1.165) is 6.20 Å². The van der Waals surface area contributed by atoms with E-state index < -0.39 is 22.9 Å². The van der Waals surface area contributed by atoms with Gasteiger partial charge in [0, 0.05) is 24.7 Å². The van der Waals surface area contributed by atoms with Gasteiger partial charge in [-0.25, -0.2) is 9.18 Å². The van der Waals surface area contributed by atoms with Crippen molar-refractivity contribution in [2.24, 2.45) is 5.73 Å². The number of carbonyl (C=O) groups is 1. The van der Waals surface area contributed by atoms with E-state index in [1.807, 2.05) is 6.92 Å². The molecule has 3 N–H and O–H groups in total. The highest BCUT2D eigenvalue weighted by molar-refractivity contribution is 5.67. The highest BCUT2D eigenvalue weighted by atomic mass is 19.1. The van der Waals surface area contributed by atoms with Gasteiger partial charge < -0.3 is 15.8 Å². The maximum atomic E-state index is 13.2. The van der Waals surface area contributed by atoms with E-state index in [4.69, 9.17) is 10.5 Å². The van der Waals surface area contributed by atoms with Gasteiger partial charge in [0.05, 0.1) is 6.20 Å². The van der Waals surface area contributed by atoms with Crippen LogP contribution in [0.3, 0.4) is 0 Å². The van der Waals surface area contributed by atoms with E-state index in [0.29, 0.717) is 5.56 Å². The summed E-state index contributed by atoms with van der Waals surface area (Å²) in [4.78, 5) is 15.5. The average molecular weight is 283 g/mol. The molecule has 1 amide bonds. The molecule has 20 heavy (non-hydrogen) atoms. The fourth-order valence-corrected chi connectivity index (χ4v) is 1.62. The first kappa shape index (κ1) is 16.4. The monoisotopic (exact) mass is 283 g/mol. The Bertz CT molecular complexity index is 474. The molecule has 112 valence electrons. The molecular formula is C14H22FN3O2. The molecule has 0 aliphatic carbocycles. The second kappa shape index (κ2) is 6.17. The molecule has 6 heteroatoms. The summed E-state index contributed by atoms with van der Waals surface area (Å²) in [6.07, 6.45) is 2.15. The van der Waals surface area contributed by atoms with Gasteiger partial charge in [0.2, 0.25) is 0 Å². The third kappa shape index (κ3) is 4.77. The molecule has 0 radical (unpaired) electrons. The Morgan fingerprint density at radius 2 is 2.05 bits per heavy atom. The van der Waals surface area contributed by atoms with Crippen LogP contribution in [0.2, 0.25) is 0 Å². The fourth-order valence-electron chi connectivity index (χ4n) is 1.62. The lowest BCUT2D eigenvalue weighted by Crippen LogP contribution is -2.45.